The van der Waals surface area contributed by atoms with Crippen LogP contribution in [-0.2, 0) is 4.79 Å². The van der Waals surface area contributed by atoms with E-state index >= 15 is 0 Å². The number of carbonyl (C=O) groups excluding carboxylic acids is 1. The highest BCUT2D eigenvalue weighted by Crippen LogP contribution is 2.17. The van der Waals surface area contributed by atoms with Crippen LogP contribution in [0.5, 0.6) is 5.75 Å². The van der Waals surface area contributed by atoms with Crippen molar-refractivity contribution in [2.24, 2.45) is 0 Å². The highest BCUT2D eigenvalue weighted by molar-refractivity contribution is 5.94. The molecule has 78 valence electrons. The Labute approximate surface area is 83.7 Å². The normalized spacial score (nSPS) is 9.33. The third kappa shape index (κ3) is 2.53. The van der Waals surface area contributed by atoms with E-state index in [9.17, 15) is 14.4 Å². The topological polar surface area (TPSA) is 101 Å². The second-order valence-electron chi connectivity index (χ2n) is 2.57. The minimum absolute atomic E-state index is 0.0899. The average molecular weight is 210 g/mol. The molecule has 1 rings (SSSR count). The fourth-order valence-electron chi connectivity index (χ4n) is 0.970. The molecule has 2 N–H and O–H groups in total. The Morgan fingerprint density at radius 3 is 1.87 bits per heavy atom. The predicted molar refractivity (Wildman–Crippen MR) is 47.1 cm³/mol. The lowest BCUT2D eigenvalue weighted by molar-refractivity contribution is -0.120. The van der Waals surface area contributed by atoms with Crippen LogP contribution in [-0.4, -0.2) is 28.6 Å². The van der Waals surface area contributed by atoms with Crippen molar-refractivity contribution in [1.82, 2.24) is 0 Å². The molecular formula is C9H6O6. The van der Waals surface area contributed by atoms with Crippen LogP contribution in [0.25, 0.3) is 0 Å². The van der Waals surface area contributed by atoms with E-state index in [1.54, 1.807) is 0 Å². The smallest absolute Gasteiger partial charge is 0.335 e. The van der Waals surface area contributed by atoms with Gasteiger partial charge < -0.3 is 14.9 Å². The van der Waals surface area contributed by atoms with Gasteiger partial charge in [-0.05, 0) is 18.2 Å². The summed E-state index contributed by atoms with van der Waals surface area (Å²) in [7, 11) is 0. The fraction of sp³-hybridized carbons (Fsp3) is 0. The maximum absolute atomic E-state index is 10.6. The summed E-state index contributed by atoms with van der Waals surface area (Å²) < 4.78 is 4.38. The number of carbonyl (C=O) groups is 3. The van der Waals surface area contributed by atoms with Crippen LogP contribution in [0.15, 0.2) is 18.2 Å². The van der Waals surface area contributed by atoms with Crippen molar-refractivity contribution in [2.45, 2.75) is 0 Å². The standard InChI is InChI=1S/C9H6O6/c10-4-15-7-2-5(8(11)12)1-6(3-7)9(13)14/h1-4H,(H,11,12)(H,13,14). The van der Waals surface area contributed by atoms with Gasteiger partial charge >= 0.3 is 11.9 Å². The second-order valence-corrected chi connectivity index (χ2v) is 2.57. The van der Waals surface area contributed by atoms with Gasteiger partial charge in [0.1, 0.15) is 5.75 Å². The molecular weight excluding hydrogens is 204 g/mol. The van der Waals surface area contributed by atoms with Crippen LogP contribution in [0, 0.1) is 0 Å². The molecule has 0 aliphatic rings. The van der Waals surface area contributed by atoms with Crippen molar-refractivity contribution in [2.75, 3.05) is 0 Å². The van der Waals surface area contributed by atoms with E-state index in [4.69, 9.17) is 10.2 Å². The molecule has 1 aromatic rings. The molecule has 0 radical (unpaired) electrons. The van der Waals surface area contributed by atoms with E-state index in [-0.39, 0.29) is 23.3 Å². The van der Waals surface area contributed by atoms with Crippen molar-refractivity contribution in [3.63, 3.8) is 0 Å². The van der Waals surface area contributed by atoms with Gasteiger partial charge in [0.25, 0.3) is 6.47 Å². The Balaban J connectivity index is 3.25. The Kier molecular flexibility index (Phi) is 3.02. The van der Waals surface area contributed by atoms with E-state index in [2.05, 4.69) is 4.74 Å². The molecule has 0 unspecified atom stereocenters. The van der Waals surface area contributed by atoms with Gasteiger partial charge in [-0.3, -0.25) is 4.79 Å². The Morgan fingerprint density at radius 2 is 1.53 bits per heavy atom. The number of benzene rings is 1. The molecule has 0 aromatic heterocycles. The summed E-state index contributed by atoms with van der Waals surface area (Å²) in [6.07, 6.45) is 0. The molecule has 0 bridgehead atoms. The van der Waals surface area contributed by atoms with E-state index in [0.717, 1.165) is 18.2 Å². The minimum Gasteiger partial charge on any atom is -0.478 e. The number of hydrogen-bond donors (Lipinski definition) is 2. The summed E-state index contributed by atoms with van der Waals surface area (Å²) >= 11 is 0. The summed E-state index contributed by atoms with van der Waals surface area (Å²) in [5.74, 6) is -2.72. The number of rotatable bonds is 4. The number of aromatic carboxylic acids is 2. The van der Waals surface area contributed by atoms with Gasteiger partial charge in [-0.2, -0.15) is 0 Å². The van der Waals surface area contributed by atoms with Crippen LogP contribution < -0.4 is 4.74 Å². The van der Waals surface area contributed by atoms with Gasteiger partial charge in [0.2, 0.25) is 0 Å². The lowest BCUT2D eigenvalue weighted by Gasteiger charge is -2.02. The van der Waals surface area contributed by atoms with Crippen LogP contribution in [0.4, 0.5) is 0 Å². The predicted octanol–water partition coefficient (Wildman–Crippen LogP) is 0.618. The first kappa shape index (κ1) is 10.7. The van der Waals surface area contributed by atoms with Gasteiger partial charge in [-0.25, -0.2) is 9.59 Å². The molecule has 15 heavy (non-hydrogen) atoms. The van der Waals surface area contributed by atoms with Crippen molar-refractivity contribution in [3.8, 4) is 5.75 Å². The highest BCUT2D eigenvalue weighted by Gasteiger charge is 2.11. The molecule has 0 fully saturated rings. The Hall–Kier alpha value is -2.37. The average Bonchev–Trinajstić information content (AvgIpc) is 2.17. The van der Waals surface area contributed by atoms with E-state index < -0.39 is 11.9 Å². The van der Waals surface area contributed by atoms with Crippen LogP contribution in [0.2, 0.25) is 0 Å². The van der Waals surface area contributed by atoms with Gasteiger partial charge in [-0.1, -0.05) is 0 Å². The van der Waals surface area contributed by atoms with Gasteiger partial charge in [0, 0.05) is 0 Å². The Bertz CT molecular complexity index is 390. The first-order valence-corrected chi connectivity index (χ1v) is 3.76. The first-order valence-electron chi connectivity index (χ1n) is 3.76. The summed E-state index contributed by atoms with van der Waals surface area (Å²) in [6, 6.07) is 3.09. The zero-order chi connectivity index (χ0) is 11.4. The number of ether oxygens (including phenoxy) is 1. The molecule has 0 heterocycles. The highest BCUT2D eigenvalue weighted by atomic mass is 16.5. The van der Waals surface area contributed by atoms with E-state index in [1.807, 2.05) is 0 Å². The number of hydrogen-bond acceptors (Lipinski definition) is 4. The quantitative estimate of drug-likeness (QED) is 0.706. The third-order valence-corrected chi connectivity index (χ3v) is 1.58. The van der Waals surface area contributed by atoms with E-state index in [0.29, 0.717) is 0 Å². The van der Waals surface area contributed by atoms with Crippen molar-refractivity contribution in [1.29, 1.82) is 0 Å². The molecule has 0 spiro atoms. The van der Waals surface area contributed by atoms with Crippen molar-refractivity contribution < 1.29 is 29.3 Å². The summed E-state index contributed by atoms with van der Waals surface area (Å²) in [4.78, 5) is 31.2. The molecule has 0 amide bonds. The number of carboxylic acid groups (broad SMARTS) is 2. The maximum atomic E-state index is 10.6. The zero-order valence-corrected chi connectivity index (χ0v) is 7.34. The SMILES string of the molecule is O=COc1cc(C(=O)O)cc(C(=O)O)c1. The molecule has 6 nitrogen and oxygen atoms in total. The molecule has 1 aromatic carbocycles. The largest absolute Gasteiger partial charge is 0.478 e. The fourth-order valence-corrected chi connectivity index (χ4v) is 0.970. The summed E-state index contributed by atoms with van der Waals surface area (Å²) in [6.45, 7) is 0.0899. The van der Waals surface area contributed by atoms with Gasteiger partial charge in [0.15, 0.2) is 0 Å². The molecule has 0 atom stereocenters. The van der Waals surface area contributed by atoms with E-state index in [1.165, 1.54) is 0 Å². The van der Waals surface area contributed by atoms with Crippen molar-refractivity contribution >= 4 is 18.4 Å². The Morgan fingerprint density at radius 1 is 1.07 bits per heavy atom. The lowest BCUT2D eigenvalue weighted by Crippen LogP contribution is -2.03. The second kappa shape index (κ2) is 4.23. The van der Waals surface area contributed by atoms with Crippen LogP contribution >= 0.6 is 0 Å². The maximum Gasteiger partial charge on any atom is 0.335 e. The van der Waals surface area contributed by atoms with Crippen LogP contribution in [0.1, 0.15) is 20.7 Å². The van der Waals surface area contributed by atoms with Crippen LogP contribution in [0.3, 0.4) is 0 Å². The molecule has 0 aliphatic carbocycles. The lowest BCUT2D eigenvalue weighted by atomic mass is 10.1. The molecule has 0 saturated carbocycles. The zero-order valence-electron chi connectivity index (χ0n) is 7.34. The third-order valence-electron chi connectivity index (χ3n) is 1.58. The number of carboxylic acids is 2. The molecule has 6 heteroatoms. The summed E-state index contributed by atoms with van der Waals surface area (Å²) in [5, 5.41) is 17.3. The monoisotopic (exact) mass is 210 g/mol. The summed E-state index contributed by atoms with van der Waals surface area (Å²) in [5.41, 5.74) is -0.515. The minimum atomic E-state index is -1.30. The first-order chi connectivity index (χ1) is 7.04. The van der Waals surface area contributed by atoms with Crippen molar-refractivity contribution in [3.05, 3.63) is 29.3 Å². The van der Waals surface area contributed by atoms with Gasteiger partial charge in [-0.15, -0.1) is 0 Å². The van der Waals surface area contributed by atoms with Gasteiger partial charge in [0.05, 0.1) is 11.1 Å². The molecule has 0 saturated heterocycles. The molecule has 0 aliphatic heterocycles.